The minimum absolute atomic E-state index is 0.780. The van der Waals surface area contributed by atoms with Gasteiger partial charge in [-0.3, -0.25) is 0 Å². The standard InChI is InChI=1S/C22H30N6OS/c1-2-3-4-7-10-23-20-19-18(25-27-26-20)17-15-8-5-6-9-16(15)21(24-22(17)30-19)28-11-13-29-14-12-28/h2-14H2,1H3,(H,23,25,26). The highest BCUT2D eigenvalue weighted by Crippen LogP contribution is 2.42. The molecule has 5 rings (SSSR count). The molecule has 3 aromatic heterocycles. The molecular formula is C22H30N6OS. The first kappa shape index (κ1) is 19.9. The molecule has 0 bridgehead atoms. The lowest BCUT2D eigenvalue weighted by Crippen LogP contribution is -2.37. The Kier molecular flexibility index (Phi) is 5.95. The molecule has 4 heterocycles. The van der Waals surface area contributed by atoms with Crippen LogP contribution in [0.1, 0.15) is 56.6 Å². The van der Waals surface area contributed by atoms with Gasteiger partial charge in [0.15, 0.2) is 5.82 Å². The third kappa shape index (κ3) is 3.71. The molecule has 8 heteroatoms. The van der Waals surface area contributed by atoms with Crippen molar-refractivity contribution in [2.45, 2.75) is 58.3 Å². The van der Waals surface area contributed by atoms with Gasteiger partial charge in [0.2, 0.25) is 0 Å². The number of unbranched alkanes of at least 4 members (excludes halogenated alkanes) is 3. The quantitative estimate of drug-likeness (QED) is 0.563. The van der Waals surface area contributed by atoms with Gasteiger partial charge in [-0.1, -0.05) is 26.2 Å². The van der Waals surface area contributed by atoms with Crippen molar-refractivity contribution in [2.24, 2.45) is 0 Å². The first-order chi connectivity index (χ1) is 14.9. The Bertz CT molecular complexity index is 1030. The maximum atomic E-state index is 5.58. The van der Waals surface area contributed by atoms with Crippen LogP contribution in [-0.2, 0) is 17.6 Å². The maximum Gasteiger partial charge on any atom is 0.170 e. The minimum Gasteiger partial charge on any atom is -0.378 e. The summed E-state index contributed by atoms with van der Waals surface area (Å²) < 4.78 is 6.67. The lowest BCUT2D eigenvalue weighted by Gasteiger charge is -2.31. The number of aryl methyl sites for hydroxylation is 1. The first-order valence-electron chi connectivity index (χ1n) is 11.4. The summed E-state index contributed by atoms with van der Waals surface area (Å²) in [4.78, 5) is 8.66. The van der Waals surface area contributed by atoms with Gasteiger partial charge in [0.05, 0.1) is 13.2 Å². The van der Waals surface area contributed by atoms with Gasteiger partial charge in [0, 0.05) is 25.0 Å². The highest BCUT2D eigenvalue weighted by atomic mass is 32.1. The van der Waals surface area contributed by atoms with Crippen molar-refractivity contribution >= 4 is 43.4 Å². The summed E-state index contributed by atoms with van der Waals surface area (Å²) in [7, 11) is 0. The van der Waals surface area contributed by atoms with Gasteiger partial charge >= 0.3 is 0 Å². The topological polar surface area (TPSA) is 76.1 Å². The Morgan fingerprint density at radius 2 is 1.87 bits per heavy atom. The van der Waals surface area contributed by atoms with Crippen molar-refractivity contribution in [1.29, 1.82) is 0 Å². The third-order valence-corrected chi connectivity index (χ3v) is 7.33. The summed E-state index contributed by atoms with van der Waals surface area (Å²) in [5, 5.41) is 17.6. The van der Waals surface area contributed by atoms with Gasteiger partial charge < -0.3 is 15.0 Å². The van der Waals surface area contributed by atoms with Crippen LogP contribution in [0.3, 0.4) is 0 Å². The Labute approximate surface area is 181 Å². The highest BCUT2D eigenvalue weighted by molar-refractivity contribution is 7.26. The van der Waals surface area contributed by atoms with Gasteiger partial charge in [-0.25, -0.2) is 4.98 Å². The largest absolute Gasteiger partial charge is 0.378 e. The monoisotopic (exact) mass is 426 g/mol. The molecule has 0 saturated carbocycles. The van der Waals surface area contributed by atoms with Crippen molar-refractivity contribution in [3.8, 4) is 0 Å². The van der Waals surface area contributed by atoms with Crippen LogP contribution < -0.4 is 10.2 Å². The molecule has 2 aliphatic rings. The van der Waals surface area contributed by atoms with Crippen LogP contribution >= 0.6 is 11.3 Å². The van der Waals surface area contributed by atoms with E-state index in [0.717, 1.165) is 73.0 Å². The van der Waals surface area contributed by atoms with Gasteiger partial charge in [-0.15, -0.1) is 21.5 Å². The zero-order chi connectivity index (χ0) is 20.3. The Hall–Kier alpha value is -2.06. The first-order valence-corrected chi connectivity index (χ1v) is 12.2. The fraction of sp³-hybridized carbons (Fsp3) is 0.636. The number of rotatable bonds is 7. The zero-order valence-electron chi connectivity index (χ0n) is 17.7. The molecule has 0 spiro atoms. The second kappa shape index (κ2) is 8.98. The van der Waals surface area contributed by atoms with E-state index in [1.165, 1.54) is 54.4 Å². The van der Waals surface area contributed by atoms with Crippen LogP contribution in [0.2, 0.25) is 0 Å². The summed E-state index contributed by atoms with van der Waals surface area (Å²) >= 11 is 1.71. The van der Waals surface area contributed by atoms with Crippen molar-refractivity contribution in [3.63, 3.8) is 0 Å². The van der Waals surface area contributed by atoms with Crippen molar-refractivity contribution < 1.29 is 4.74 Å². The molecule has 0 unspecified atom stereocenters. The fourth-order valence-electron chi connectivity index (χ4n) is 4.68. The van der Waals surface area contributed by atoms with E-state index in [1.54, 1.807) is 11.3 Å². The molecule has 0 amide bonds. The van der Waals surface area contributed by atoms with Gasteiger partial charge in [0.1, 0.15) is 20.9 Å². The summed E-state index contributed by atoms with van der Waals surface area (Å²) in [6, 6.07) is 0. The van der Waals surface area contributed by atoms with E-state index in [1.807, 2.05) is 0 Å². The van der Waals surface area contributed by atoms with Gasteiger partial charge in [-0.05, 0) is 48.4 Å². The molecule has 1 fully saturated rings. The number of anilines is 2. The Morgan fingerprint density at radius 1 is 1.03 bits per heavy atom. The van der Waals surface area contributed by atoms with E-state index in [0.29, 0.717) is 0 Å². The van der Waals surface area contributed by atoms with E-state index < -0.39 is 0 Å². The van der Waals surface area contributed by atoms with Crippen LogP contribution in [-0.4, -0.2) is 53.2 Å². The molecule has 3 aromatic rings. The molecule has 1 aliphatic carbocycles. The summed E-state index contributed by atoms with van der Waals surface area (Å²) in [5.74, 6) is 2.03. The summed E-state index contributed by atoms with van der Waals surface area (Å²) in [6.07, 6.45) is 9.59. The average molecular weight is 427 g/mol. The molecule has 7 nitrogen and oxygen atoms in total. The number of nitrogens with one attached hydrogen (secondary N) is 1. The Balaban J connectivity index is 1.56. The number of hydrogen-bond donors (Lipinski definition) is 1. The van der Waals surface area contributed by atoms with E-state index in [4.69, 9.17) is 9.72 Å². The van der Waals surface area contributed by atoms with Crippen LogP contribution in [0.15, 0.2) is 0 Å². The lowest BCUT2D eigenvalue weighted by atomic mass is 9.90. The minimum atomic E-state index is 0.780. The molecule has 30 heavy (non-hydrogen) atoms. The summed E-state index contributed by atoms with van der Waals surface area (Å²) in [6.45, 7) is 6.56. The van der Waals surface area contributed by atoms with Crippen LogP contribution in [0.5, 0.6) is 0 Å². The molecule has 0 atom stereocenters. The third-order valence-electron chi connectivity index (χ3n) is 6.25. The second-order valence-corrected chi connectivity index (χ2v) is 9.28. The average Bonchev–Trinajstić information content (AvgIpc) is 3.18. The number of aromatic nitrogens is 4. The predicted octanol–water partition coefficient (Wildman–Crippen LogP) is 4.34. The number of hydrogen-bond acceptors (Lipinski definition) is 8. The van der Waals surface area contributed by atoms with Crippen LogP contribution in [0.4, 0.5) is 11.6 Å². The number of ether oxygens (including phenoxy) is 1. The number of morpholine rings is 1. The van der Waals surface area contributed by atoms with E-state index >= 15 is 0 Å². The number of pyridine rings is 1. The fourth-order valence-corrected chi connectivity index (χ4v) is 5.77. The predicted molar refractivity (Wildman–Crippen MR) is 123 cm³/mol. The smallest absolute Gasteiger partial charge is 0.170 e. The van der Waals surface area contributed by atoms with E-state index in [9.17, 15) is 0 Å². The molecular weight excluding hydrogens is 396 g/mol. The maximum absolute atomic E-state index is 5.58. The molecule has 1 N–H and O–H groups in total. The van der Waals surface area contributed by atoms with Crippen molar-refractivity contribution in [3.05, 3.63) is 11.1 Å². The molecule has 0 aromatic carbocycles. The van der Waals surface area contributed by atoms with E-state index in [2.05, 4.69) is 32.6 Å². The van der Waals surface area contributed by atoms with Crippen molar-refractivity contribution in [1.82, 2.24) is 20.4 Å². The van der Waals surface area contributed by atoms with Crippen LogP contribution in [0, 0.1) is 0 Å². The second-order valence-electron chi connectivity index (χ2n) is 8.28. The number of fused-ring (bicyclic) bond motifs is 5. The molecule has 0 radical (unpaired) electrons. The highest BCUT2D eigenvalue weighted by Gasteiger charge is 2.26. The van der Waals surface area contributed by atoms with Gasteiger partial charge in [0.25, 0.3) is 0 Å². The molecule has 1 saturated heterocycles. The lowest BCUT2D eigenvalue weighted by molar-refractivity contribution is 0.122. The zero-order valence-corrected chi connectivity index (χ0v) is 18.6. The van der Waals surface area contributed by atoms with E-state index in [-0.39, 0.29) is 0 Å². The molecule has 1 aliphatic heterocycles. The van der Waals surface area contributed by atoms with Gasteiger partial charge in [-0.2, -0.15) is 0 Å². The summed E-state index contributed by atoms with van der Waals surface area (Å²) in [5.41, 5.74) is 3.83. The number of nitrogens with zero attached hydrogens (tertiary/aromatic N) is 5. The normalized spacial score (nSPS) is 16.9. The van der Waals surface area contributed by atoms with Crippen molar-refractivity contribution in [2.75, 3.05) is 43.1 Å². The number of thiophene rings is 1. The Morgan fingerprint density at radius 3 is 2.70 bits per heavy atom. The SMILES string of the molecule is CCCCCCNc1nnnc2c1sc1nc(N3CCOCC3)c3c(c12)CCCC3. The molecule has 160 valence electrons. The van der Waals surface area contributed by atoms with Crippen LogP contribution in [0.25, 0.3) is 20.4 Å².